The average molecular weight is 487 g/mol. The molecule has 0 aromatic heterocycles. The molecule has 0 unspecified atom stereocenters. The number of aliphatic carboxylic acids is 2. The van der Waals surface area contributed by atoms with E-state index in [-0.39, 0.29) is 0 Å². The van der Waals surface area contributed by atoms with Gasteiger partial charge in [-0.2, -0.15) is 0 Å². The van der Waals surface area contributed by atoms with E-state index < -0.39 is 11.9 Å². The van der Waals surface area contributed by atoms with Crippen molar-refractivity contribution in [2.75, 3.05) is 26.2 Å². The monoisotopic (exact) mass is 486 g/mol. The largest absolute Gasteiger partial charge is 0.550 e. The Labute approximate surface area is 207 Å². The van der Waals surface area contributed by atoms with Gasteiger partial charge < -0.3 is 19.5 Å². The molecule has 1 rings (SSSR count). The number of hydrogen-bond acceptors (Lipinski definition) is 5. The summed E-state index contributed by atoms with van der Waals surface area (Å²) in [5.74, 6) is -1.92. The standard InChI is InChI=1S/C16H36N.C6H7NS.2C2H4O2/c1-5-9-13-17(14-10-6-2,15-11-7-3)16-12-8-4;7-8-6-4-2-1-3-5-6;2*1-2(3)4/h5-16H2,1-4H3;1-5H,7H2;2*1H3,(H,3,4)/q+1;;;/p-1. The van der Waals surface area contributed by atoms with E-state index in [2.05, 4.69) is 27.7 Å². The molecule has 0 atom stereocenters. The molecule has 6 nitrogen and oxygen atoms in total. The van der Waals surface area contributed by atoms with E-state index in [9.17, 15) is 0 Å². The number of benzene rings is 1. The van der Waals surface area contributed by atoms with E-state index in [1.807, 2.05) is 30.3 Å². The number of rotatable bonds is 13. The lowest BCUT2D eigenvalue weighted by Gasteiger charge is -2.39. The smallest absolute Gasteiger partial charge is 0.300 e. The minimum Gasteiger partial charge on any atom is -0.550 e. The molecule has 0 fully saturated rings. The van der Waals surface area contributed by atoms with Crippen LogP contribution in [0.2, 0.25) is 0 Å². The molecule has 194 valence electrons. The first-order chi connectivity index (χ1) is 15.6. The van der Waals surface area contributed by atoms with Gasteiger partial charge in [-0.15, -0.1) is 0 Å². The van der Waals surface area contributed by atoms with Crippen LogP contribution in [0.4, 0.5) is 0 Å². The second-order valence-electron chi connectivity index (χ2n) is 8.09. The zero-order valence-electron chi connectivity index (χ0n) is 22.0. The van der Waals surface area contributed by atoms with Gasteiger partial charge in [0.15, 0.2) is 0 Å². The number of unbranched alkanes of at least 4 members (excludes halogenated alkanes) is 4. The fourth-order valence-electron chi connectivity index (χ4n) is 3.14. The Morgan fingerprint density at radius 3 is 1.27 bits per heavy atom. The summed E-state index contributed by atoms with van der Waals surface area (Å²) in [7, 11) is 0. The number of quaternary nitrogens is 1. The highest BCUT2D eigenvalue weighted by atomic mass is 32.2. The SMILES string of the molecule is CC(=O)O.CC(=O)[O-].CCCC[N+](CCCC)(CCCC)CCCC.NSc1ccccc1. The zero-order valence-corrected chi connectivity index (χ0v) is 22.8. The molecule has 7 heteroatoms. The van der Waals surface area contributed by atoms with Gasteiger partial charge in [0.25, 0.3) is 5.97 Å². The molecule has 33 heavy (non-hydrogen) atoms. The van der Waals surface area contributed by atoms with E-state index in [0.29, 0.717) is 0 Å². The molecule has 0 aliphatic carbocycles. The highest BCUT2D eigenvalue weighted by Gasteiger charge is 2.24. The molecule has 0 saturated carbocycles. The molecular weight excluding hydrogens is 436 g/mol. The van der Waals surface area contributed by atoms with Crippen molar-refractivity contribution < 1.29 is 24.3 Å². The molecule has 0 heterocycles. The molecule has 1 aromatic carbocycles. The van der Waals surface area contributed by atoms with Gasteiger partial charge in [-0.3, -0.25) is 9.93 Å². The van der Waals surface area contributed by atoms with Crippen LogP contribution in [0.5, 0.6) is 0 Å². The lowest BCUT2D eigenvalue weighted by Crippen LogP contribution is -2.50. The topological polar surface area (TPSA) is 103 Å². The second-order valence-corrected chi connectivity index (χ2v) is 8.80. The fourth-order valence-corrected chi connectivity index (χ4v) is 3.46. The van der Waals surface area contributed by atoms with Crippen molar-refractivity contribution in [2.24, 2.45) is 5.14 Å². The van der Waals surface area contributed by atoms with E-state index in [0.717, 1.165) is 18.7 Å². The van der Waals surface area contributed by atoms with E-state index >= 15 is 0 Å². The zero-order chi connectivity index (χ0) is 26.0. The molecule has 0 amide bonds. The first-order valence-electron chi connectivity index (χ1n) is 12.3. The van der Waals surface area contributed by atoms with Gasteiger partial charge in [0.05, 0.1) is 26.2 Å². The molecular formula is C26H50N2O4S. The van der Waals surface area contributed by atoms with Gasteiger partial charge in [-0.05, 0) is 56.7 Å². The predicted molar refractivity (Wildman–Crippen MR) is 140 cm³/mol. The van der Waals surface area contributed by atoms with Crippen molar-refractivity contribution in [1.29, 1.82) is 0 Å². The molecule has 0 aliphatic rings. The number of carboxylic acids is 2. The molecule has 0 radical (unpaired) electrons. The fraction of sp³-hybridized carbons (Fsp3) is 0.692. The summed E-state index contributed by atoms with van der Waals surface area (Å²) in [4.78, 5) is 19.0. The summed E-state index contributed by atoms with van der Waals surface area (Å²) >= 11 is 1.27. The third-order valence-electron chi connectivity index (χ3n) is 4.82. The summed E-state index contributed by atoms with van der Waals surface area (Å²) in [5, 5.41) is 21.6. The number of carbonyl (C=O) groups excluding carboxylic acids is 1. The third-order valence-corrected chi connectivity index (χ3v) is 5.37. The van der Waals surface area contributed by atoms with Crippen LogP contribution in [-0.4, -0.2) is 47.7 Å². The van der Waals surface area contributed by atoms with Crippen molar-refractivity contribution >= 4 is 23.9 Å². The Hall–Kier alpha value is -1.57. The normalized spacial score (nSPS) is 9.91. The Kier molecular flexibility index (Phi) is 29.1. The Morgan fingerprint density at radius 1 is 0.818 bits per heavy atom. The van der Waals surface area contributed by atoms with Crippen LogP contribution in [0.3, 0.4) is 0 Å². The Balaban J connectivity index is -0.000000458. The Bertz CT molecular complexity index is 499. The number of nitrogens with zero attached hydrogens (tertiary/aromatic N) is 1. The number of hydrogen-bond donors (Lipinski definition) is 2. The van der Waals surface area contributed by atoms with Crippen LogP contribution >= 0.6 is 11.9 Å². The first-order valence-corrected chi connectivity index (χ1v) is 13.2. The third kappa shape index (κ3) is 30.4. The highest BCUT2D eigenvalue weighted by Crippen LogP contribution is 2.16. The van der Waals surface area contributed by atoms with Crippen molar-refractivity contribution in [1.82, 2.24) is 0 Å². The van der Waals surface area contributed by atoms with Gasteiger partial charge in [0.1, 0.15) is 0 Å². The quantitative estimate of drug-likeness (QED) is 0.282. The summed E-state index contributed by atoms with van der Waals surface area (Å²) in [6, 6.07) is 9.86. The minimum absolute atomic E-state index is 0.833. The predicted octanol–water partition coefficient (Wildman–Crippen LogP) is 5.50. The maximum atomic E-state index is 9.00. The maximum absolute atomic E-state index is 9.00. The molecule has 0 bridgehead atoms. The van der Waals surface area contributed by atoms with E-state index in [1.54, 1.807) is 0 Å². The molecule has 0 aliphatic heterocycles. The summed E-state index contributed by atoms with van der Waals surface area (Å²) in [6.07, 6.45) is 11.1. The first kappa shape index (κ1) is 36.0. The Morgan fingerprint density at radius 2 is 1.09 bits per heavy atom. The molecule has 0 spiro atoms. The van der Waals surface area contributed by atoms with E-state index in [4.69, 9.17) is 24.9 Å². The molecule has 1 aromatic rings. The van der Waals surface area contributed by atoms with Crippen LogP contribution in [0.1, 0.15) is 92.9 Å². The number of nitrogens with two attached hydrogens (primary N) is 1. The number of carbonyl (C=O) groups is 2. The van der Waals surface area contributed by atoms with Crippen molar-refractivity contribution in [3.63, 3.8) is 0 Å². The van der Waals surface area contributed by atoms with Crippen LogP contribution < -0.4 is 10.2 Å². The van der Waals surface area contributed by atoms with Crippen LogP contribution in [0.15, 0.2) is 35.2 Å². The molecule has 0 saturated heterocycles. The van der Waals surface area contributed by atoms with Crippen LogP contribution in [0, 0.1) is 0 Å². The lowest BCUT2D eigenvalue weighted by atomic mass is 10.1. The van der Waals surface area contributed by atoms with Gasteiger partial charge in [0.2, 0.25) is 0 Å². The summed E-state index contributed by atoms with van der Waals surface area (Å²) in [6.45, 7) is 17.1. The van der Waals surface area contributed by atoms with Crippen molar-refractivity contribution in [2.45, 2.75) is 97.8 Å². The maximum Gasteiger partial charge on any atom is 0.300 e. The molecule has 3 N–H and O–H groups in total. The van der Waals surface area contributed by atoms with Crippen molar-refractivity contribution in [3.8, 4) is 0 Å². The van der Waals surface area contributed by atoms with Crippen molar-refractivity contribution in [3.05, 3.63) is 30.3 Å². The van der Waals surface area contributed by atoms with Crippen LogP contribution in [0.25, 0.3) is 0 Å². The summed E-state index contributed by atoms with van der Waals surface area (Å²) < 4.78 is 1.42. The number of carboxylic acid groups (broad SMARTS) is 2. The highest BCUT2D eigenvalue weighted by molar-refractivity contribution is 7.97. The minimum atomic E-state index is -1.08. The van der Waals surface area contributed by atoms with Gasteiger partial charge in [-0.25, -0.2) is 0 Å². The second kappa shape index (κ2) is 26.7. The van der Waals surface area contributed by atoms with Crippen LogP contribution in [-0.2, 0) is 9.59 Å². The van der Waals surface area contributed by atoms with Gasteiger partial charge >= 0.3 is 0 Å². The summed E-state index contributed by atoms with van der Waals surface area (Å²) in [5.41, 5.74) is 0. The average Bonchev–Trinajstić information content (AvgIpc) is 2.78. The van der Waals surface area contributed by atoms with Gasteiger partial charge in [0, 0.05) is 17.8 Å². The van der Waals surface area contributed by atoms with Gasteiger partial charge in [-0.1, -0.05) is 71.6 Å². The van der Waals surface area contributed by atoms with E-state index in [1.165, 1.54) is 94.0 Å². The lowest BCUT2D eigenvalue weighted by molar-refractivity contribution is -0.929.